The lowest BCUT2D eigenvalue weighted by molar-refractivity contribution is -0.116. The maximum Gasteiger partial charge on any atom is 0.226 e. The van der Waals surface area contributed by atoms with Crippen molar-refractivity contribution in [2.75, 3.05) is 5.32 Å². The van der Waals surface area contributed by atoms with Gasteiger partial charge in [0.1, 0.15) is 18.2 Å². The van der Waals surface area contributed by atoms with E-state index >= 15 is 0 Å². The lowest BCUT2D eigenvalue weighted by Crippen LogP contribution is -2.24. The number of anilines is 1. The molecule has 6 rings (SSSR count). The molecule has 35 heavy (non-hydrogen) atoms. The normalized spacial score (nSPS) is 15.1. The van der Waals surface area contributed by atoms with Crippen molar-refractivity contribution in [2.45, 2.75) is 25.9 Å². The first kappa shape index (κ1) is 21.3. The van der Waals surface area contributed by atoms with Crippen molar-refractivity contribution in [2.24, 2.45) is 0 Å². The van der Waals surface area contributed by atoms with Gasteiger partial charge in [-0.2, -0.15) is 14.3 Å². The molecule has 174 valence electrons. The second-order valence-electron chi connectivity index (χ2n) is 8.32. The lowest BCUT2D eigenvalue weighted by atomic mass is 9.87. The molecule has 0 aliphatic carbocycles. The Morgan fingerprint density at radius 1 is 1.09 bits per heavy atom. The SMILES string of the molecule is Cc1nnc2ccc(-n3ncc4c3NC(=O)CC4c3ccc(OCc4ccccc4Cl)cc3)nn12. The van der Waals surface area contributed by atoms with Crippen molar-refractivity contribution in [3.63, 3.8) is 0 Å². The molecule has 3 aromatic heterocycles. The summed E-state index contributed by atoms with van der Waals surface area (Å²) in [6.07, 6.45) is 2.11. The lowest BCUT2D eigenvalue weighted by Gasteiger charge is -2.23. The molecule has 0 spiro atoms. The van der Waals surface area contributed by atoms with E-state index in [1.165, 1.54) is 0 Å². The molecular weight excluding hydrogens is 466 g/mol. The molecular formula is C25H20ClN7O2. The molecule has 10 heteroatoms. The van der Waals surface area contributed by atoms with Gasteiger partial charge >= 0.3 is 0 Å². The van der Waals surface area contributed by atoms with Crippen molar-refractivity contribution < 1.29 is 9.53 Å². The molecule has 1 atom stereocenters. The molecule has 0 bridgehead atoms. The highest BCUT2D eigenvalue weighted by molar-refractivity contribution is 6.31. The highest BCUT2D eigenvalue weighted by Crippen LogP contribution is 2.38. The molecule has 9 nitrogen and oxygen atoms in total. The summed E-state index contributed by atoms with van der Waals surface area (Å²) in [6.45, 7) is 2.21. The Labute approximate surface area is 205 Å². The zero-order valence-corrected chi connectivity index (χ0v) is 19.5. The number of rotatable bonds is 5. The Bertz CT molecular complexity index is 1560. The summed E-state index contributed by atoms with van der Waals surface area (Å²) in [5.41, 5.74) is 3.50. The first-order valence-electron chi connectivity index (χ1n) is 11.1. The molecule has 1 N–H and O–H groups in total. The van der Waals surface area contributed by atoms with Crippen LogP contribution >= 0.6 is 11.6 Å². The van der Waals surface area contributed by atoms with Gasteiger partial charge in [-0.15, -0.1) is 15.3 Å². The van der Waals surface area contributed by atoms with Gasteiger partial charge in [0.25, 0.3) is 0 Å². The Morgan fingerprint density at radius 3 is 2.74 bits per heavy atom. The molecule has 2 aromatic carbocycles. The molecule has 4 heterocycles. The van der Waals surface area contributed by atoms with Crippen LogP contribution in [-0.4, -0.2) is 35.5 Å². The van der Waals surface area contributed by atoms with Crippen LogP contribution in [0.15, 0.2) is 66.9 Å². The topological polar surface area (TPSA) is 99.2 Å². The zero-order chi connectivity index (χ0) is 23.9. The van der Waals surface area contributed by atoms with E-state index in [2.05, 4.69) is 25.7 Å². The number of carbonyl (C=O) groups is 1. The average Bonchev–Trinajstić information content (AvgIpc) is 3.46. The Hall–Kier alpha value is -4.24. The molecule has 1 aliphatic rings. The summed E-state index contributed by atoms with van der Waals surface area (Å²) in [7, 11) is 0. The third-order valence-electron chi connectivity index (χ3n) is 6.08. The molecule has 5 aromatic rings. The van der Waals surface area contributed by atoms with Crippen LogP contribution < -0.4 is 10.1 Å². The fourth-order valence-corrected chi connectivity index (χ4v) is 4.45. The van der Waals surface area contributed by atoms with Crippen molar-refractivity contribution in [3.05, 3.63) is 94.4 Å². The Balaban J connectivity index is 1.27. The first-order chi connectivity index (χ1) is 17.1. The Morgan fingerprint density at radius 2 is 1.91 bits per heavy atom. The number of aryl methyl sites for hydroxylation is 1. The summed E-state index contributed by atoms with van der Waals surface area (Å²) in [5.74, 6) is 2.36. The van der Waals surface area contributed by atoms with E-state index in [-0.39, 0.29) is 11.8 Å². The number of hydrogen-bond donors (Lipinski definition) is 1. The monoisotopic (exact) mass is 485 g/mol. The van der Waals surface area contributed by atoms with Crippen molar-refractivity contribution in [3.8, 4) is 11.6 Å². The van der Waals surface area contributed by atoms with E-state index in [4.69, 9.17) is 16.3 Å². The predicted molar refractivity (Wildman–Crippen MR) is 130 cm³/mol. The number of aromatic nitrogens is 6. The van der Waals surface area contributed by atoms with Crippen molar-refractivity contribution in [1.82, 2.24) is 29.6 Å². The smallest absolute Gasteiger partial charge is 0.226 e. The summed E-state index contributed by atoms with van der Waals surface area (Å²) in [5, 5.41) is 20.9. The number of carbonyl (C=O) groups excluding carboxylic acids is 1. The summed E-state index contributed by atoms with van der Waals surface area (Å²) in [6, 6.07) is 19.0. The van der Waals surface area contributed by atoms with Crippen LogP contribution in [0.1, 0.15) is 34.9 Å². The van der Waals surface area contributed by atoms with Crippen LogP contribution in [0.25, 0.3) is 11.5 Å². The van der Waals surface area contributed by atoms with Crippen LogP contribution in [0, 0.1) is 6.92 Å². The van der Waals surface area contributed by atoms with Gasteiger partial charge in [0.2, 0.25) is 5.91 Å². The molecule has 0 saturated carbocycles. The van der Waals surface area contributed by atoms with Gasteiger partial charge < -0.3 is 10.1 Å². The highest BCUT2D eigenvalue weighted by Gasteiger charge is 2.30. The third-order valence-corrected chi connectivity index (χ3v) is 6.45. The van der Waals surface area contributed by atoms with E-state index in [1.807, 2.05) is 61.5 Å². The number of nitrogens with zero attached hydrogens (tertiary/aromatic N) is 6. The minimum Gasteiger partial charge on any atom is -0.489 e. The third kappa shape index (κ3) is 3.89. The summed E-state index contributed by atoms with van der Waals surface area (Å²) < 4.78 is 9.19. The van der Waals surface area contributed by atoms with Crippen LogP contribution in [0.5, 0.6) is 5.75 Å². The van der Waals surface area contributed by atoms with Crippen LogP contribution in [0.3, 0.4) is 0 Å². The molecule has 0 fully saturated rings. The maximum atomic E-state index is 12.6. The van der Waals surface area contributed by atoms with Crippen LogP contribution in [0.4, 0.5) is 5.82 Å². The minimum atomic E-state index is -0.134. The van der Waals surface area contributed by atoms with E-state index in [9.17, 15) is 4.79 Å². The molecule has 1 unspecified atom stereocenters. The standard InChI is InChI=1S/C25H20ClN7O2/c1-15-29-30-22-10-11-23(31-32(15)22)33-25-20(13-27-33)19(12-24(34)28-25)16-6-8-18(9-7-16)35-14-17-4-2-3-5-21(17)26/h2-11,13,19H,12,14H2,1H3,(H,28,34). The van der Waals surface area contributed by atoms with Gasteiger partial charge in [-0.3, -0.25) is 4.79 Å². The van der Waals surface area contributed by atoms with E-state index in [1.54, 1.807) is 21.5 Å². The number of nitrogens with one attached hydrogen (secondary N) is 1. The van der Waals surface area contributed by atoms with Crippen molar-refractivity contribution >= 4 is 29.0 Å². The van der Waals surface area contributed by atoms with Gasteiger partial charge in [0.15, 0.2) is 17.3 Å². The number of fused-ring (bicyclic) bond motifs is 2. The van der Waals surface area contributed by atoms with Crippen LogP contribution in [0.2, 0.25) is 5.02 Å². The fourth-order valence-electron chi connectivity index (χ4n) is 4.26. The van der Waals surface area contributed by atoms with Gasteiger partial charge in [-0.05, 0) is 42.8 Å². The average molecular weight is 486 g/mol. The van der Waals surface area contributed by atoms with E-state index < -0.39 is 0 Å². The summed E-state index contributed by atoms with van der Waals surface area (Å²) in [4.78, 5) is 12.6. The highest BCUT2D eigenvalue weighted by atomic mass is 35.5. The van der Waals surface area contributed by atoms with Crippen LogP contribution in [-0.2, 0) is 11.4 Å². The number of benzene rings is 2. The largest absolute Gasteiger partial charge is 0.489 e. The predicted octanol–water partition coefficient (Wildman–Crippen LogP) is 4.32. The number of amides is 1. The number of ether oxygens (including phenoxy) is 1. The number of halogens is 1. The second-order valence-corrected chi connectivity index (χ2v) is 8.73. The second kappa shape index (κ2) is 8.52. The van der Waals surface area contributed by atoms with Gasteiger partial charge in [-0.1, -0.05) is 41.9 Å². The molecule has 1 amide bonds. The van der Waals surface area contributed by atoms with Gasteiger partial charge in [0.05, 0.1) is 6.20 Å². The summed E-state index contributed by atoms with van der Waals surface area (Å²) >= 11 is 6.22. The Kier molecular flexibility index (Phi) is 5.18. The number of hydrogen-bond acceptors (Lipinski definition) is 6. The van der Waals surface area contributed by atoms with Gasteiger partial charge in [0, 0.05) is 28.5 Å². The zero-order valence-electron chi connectivity index (χ0n) is 18.7. The molecule has 0 radical (unpaired) electrons. The fraction of sp³-hybridized carbons (Fsp3) is 0.160. The molecule has 1 aliphatic heterocycles. The van der Waals surface area contributed by atoms with E-state index in [0.717, 1.165) is 22.4 Å². The van der Waals surface area contributed by atoms with Crippen molar-refractivity contribution in [1.29, 1.82) is 0 Å². The minimum absolute atomic E-state index is 0.0788. The van der Waals surface area contributed by atoms with E-state index in [0.29, 0.717) is 41.2 Å². The molecule has 0 saturated heterocycles. The quantitative estimate of drug-likeness (QED) is 0.398. The van der Waals surface area contributed by atoms with Gasteiger partial charge in [-0.25, -0.2) is 0 Å². The first-order valence-corrected chi connectivity index (χ1v) is 11.5. The maximum absolute atomic E-state index is 12.6.